The predicted molar refractivity (Wildman–Crippen MR) is 105 cm³/mol. The monoisotopic (exact) mass is 369 g/mol. The highest BCUT2D eigenvalue weighted by molar-refractivity contribution is 7.15. The fourth-order valence-electron chi connectivity index (χ4n) is 3.39. The molecule has 1 aliphatic carbocycles. The Hall–Kier alpha value is -2.18. The number of fused-ring (bicyclic) bond motifs is 1. The van der Waals surface area contributed by atoms with E-state index in [9.17, 15) is 4.79 Å². The number of rotatable bonds is 6. The van der Waals surface area contributed by atoms with Gasteiger partial charge in [0.25, 0.3) is 5.56 Å². The van der Waals surface area contributed by atoms with Gasteiger partial charge < -0.3 is 10.1 Å². The van der Waals surface area contributed by atoms with Gasteiger partial charge in [0.2, 0.25) is 0 Å². The first-order valence-electron chi connectivity index (χ1n) is 9.18. The Balaban J connectivity index is 1.37. The molecule has 1 fully saturated rings. The molecule has 5 nitrogen and oxygen atoms in total. The van der Waals surface area contributed by atoms with Gasteiger partial charge in [-0.25, -0.2) is 4.98 Å². The molecule has 1 saturated carbocycles. The molecule has 136 valence electrons. The van der Waals surface area contributed by atoms with Gasteiger partial charge >= 0.3 is 0 Å². The summed E-state index contributed by atoms with van der Waals surface area (Å²) in [6.07, 6.45) is 8.45. The Labute approximate surface area is 156 Å². The maximum Gasteiger partial charge on any atom is 0.258 e. The number of nitrogens with one attached hydrogen (secondary N) is 1. The van der Waals surface area contributed by atoms with Crippen LogP contribution in [0.5, 0.6) is 0 Å². The minimum absolute atomic E-state index is 0.0392. The normalized spacial score (nSPS) is 15.4. The van der Waals surface area contributed by atoms with E-state index in [0.717, 1.165) is 16.3 Å². The number of ether oxygens (including phenoxy) is 1. The first kappa shape index (κ1) is 17.2. The number of hydrogen-bond donors (Lipinski definition) is 1. The molecule has 1 N–H and O–H groups in total. The molecule has 3 aromatic rings. The van der Waals surface area contributed by atoms with Gasteiger partial charge in [0.15, 0.2) is 4.96 Å². The average Bonchev–Trinajstić information content (AvgIpc) is 3.15. The van der Waals surface area contributed by atoms with E-state index in [1.165, 1.54) is 49.0 Å². The van der Waals surface area contributed by atoms with Crippen LogP contribution >= 0.6 is 11.3 Å². The Bertz CT molecular complexity index is 928. The largest absolute Gasteiger partial charge is 0.379 e. The van der Waals surface area contributed by atoms with Crippen LogP contribution in [0, 0.1) is 0 Å². The maximum absolute atomic E-state index is 12.0. The van der Waals surface area contributed by atoms with Crippen molar-refractivity contribution in [2.75, 3.05) is 5.32 Å². The molecule has 2 aromatic heterocycles. The summed E-state index contributed by atoms with van der Waals surface area (Å²) in [7, 11) is 0. The maximum atomic E-state index is 12.0. The number of hydrogen-bond acceptors (Lipinski definition) is 5. The van der Waals surface area contributed by atoms with Crippen molar-refractivity contribution in [3.63, 3.8) is 0 Å². The molecule has 1 aliphatic rings. The Morgan fingerprint density at radius 3 is 3.00 bits per heavy atom. The molecular formula is C20H23N3O2S. The molecule has 0 amide bonds. The van der Waals surface area contributed by atoms with Gasteiger partial charge in [-0.1, -0.05) is 31.4 Å². The van der Waals surface area contributed by atoms with E-state index in [0.29, 0.717) is 19.3 Å². The predicted octanol–water partition coefficient (Wildman–Crippen LogP) is 4.22. The molecule has 0 unspecified atom stereocenters. The zero-order chi connectivity index (χ0) is 17.8. The van der Waals surface area contributed by atoms with E-state index in [1.807, 2.05) is 17.5 Å². The molecule has 0 radical (unpaired) electrons. The van der Waals surface area contributed by atoms with Gasteiger partial charge in [0, 0.05) is 23.3 Å². The SMILES string of the molecule is O=c1cc(CNc2cccc(COC3CCCCC3)c2)nc2sccn12. The number of nitrogens with zero attached hydrogens (tertiary/aromatic N) is 2. The second-order valence-electron chi connectivity index (χ2n) is 6.77. The molecule has 0 aliphatic heterocycles. The van der Waals surface area contributed by atoms with Crippen LogP contribution in [0.3, 0.4) is 0 Å². The Kier molecular flexibility index (Phi) is 5.32. The number of anilines is 1. The van der Waals surface area contributed by atoms with Crippen LogP contribution in [0.15, 0.2) is 46.7 Å². The summed E-state index contributed by atoms with van der Waals surface area (Å²) in [5.74, 6) is 0. The second kappa shape index (κ2) is 8.01. The molecule has 0 saturated heterocycles. The third-order valence-corrected chi connectivity index (χ3v) is 5.55. The lowest BCUT2D eigenvalue weighted by Crippen LogP contribution is -2.16. The van der Waals surface area contributed by atoms with Crippen molar-refractivity contribution in [1.29, 1.82) is 0 Å². The van der Waals surface area contributed by atoms with E-state index in [4.69, 9.17) is 4.74 Å². The molecule has 0 bridgehead atoms. The van der Waals surface area contributed by atoms with Crippen LogP contribution in [0.2, 0.25) is 0 Å². The highest BCUT2D eigenvalue weighted by atomic mass is 32.1. The Morgan fingerprint density at radius 2 is 2.12 bits per heavy atom. The summed E-state index contributed by atoms with van der Waals surface area (Å²) in [6, 6.07) is 9.85. The molecule has 4 rings (SSSR count). The standard InChI is InChI=1S/C20H23N3O2S/c24-19-12-17(22-20-23(19)9-10-26-20)13-21-16-6-4-5-15(11-16)14-25-18-7-2-1-3-8-18/h4-6,9-12,18,21H,1-3,7-8,13-14H2. The summed E-state index contributed by atoms with van der Waals surface area (Å²) in [5.41, 5.74) is 2.90. The quantitative estimate of drug-likeness (QED) is 0.707. The van der Waals surface area contributed by atoms with E-state index in [-0.39, 0.29) is 5.56 Å². The molecule has 0 atom stereocenters. The van der Waals surface area contributed by atoms with Crippen LogP contribution in [-0.2, 0) is 17.9 Å². The fourth-order valence-corrected chi connectivity index (χ4v) is 4.13. The van der Waals surface area contributed by atoms with E-state index in [2.05, 4.69) is 22.4 Å². The lowest BCUT2D eigenvalue weighted by molar-refractivity contribution is 0.0169. The van der Waals surface area contributed by atoms with Crippen molar-refractivity contribution in [1.82, 2.24) is 9.38 Å². The summed E-state index contributed by atoms with van der Waals surface area (Å²) in [5, 5.41) is 5.23. The molecule has 2 heterocycles. The second-order valence-corrected chi connectivity index (χ2v) is 7.64. The van der Waals surface area contributed by atoms with Crippen molar-refractivity contribution in [3.8, 4) is 0 Å². The summed E-state index contributed by atoms with van der Waals surface area (Å²) >= 11 is 1.47. The van der Waals surface area contributed by atoms with E-state index >= 15 is 0 Å². The zero-order valence-electron chi connectivity index (χ0n) is 14.7. The number of thiazole rings is 1. The zero-order valence-corrected chi connectivity index (χ0v) is 15.5. The van der Waals surface area contributed by atoms with Crippen LogP contribution in [0.25, 0.3) is 4.96 Å². The average molecular weight is 369 g/mol. The van der Waals surface area contributed by atoms with Crippen LogP contribution < -0.4 is 10.9 Å². The van der Waals surface area contributed by atoms with Gasteiger partial charge in [-0.15, -0.1) is 11.3 Å². The number of aromatic nitrogens is 2. The van der Waals surface area contributed by atoms with Gasteiger partial charge in [0.05, 0.1) is 24.9 Å². The molecule has 6 heteroatoms. The van der Waals surface area contributed by atoms with E-state index in [1.54, 1.807) is 16.7 Å². The van der Waals surface area contributed by atoms with Crippen LogP contribution in [-0.4, -0.2) is 15.5 Å². The van der Waals surface area contributed by atoms with Crippen molar-refractivity contribution in [2.24, 2.45) is 0 Å². The first-order valence-corrected chi connectivity index (χ1v) is 10.1. The van der Waals surface area contributed by atoms with Crippen molar-refractivity contribution in [2.45, 2.75) is 51.4 Å². The van der Waals surface area contributed by atoms with Crippen LogP contribution in [0.4, 0.5) is 5.69 Å². The van der Waals surface area contributed by atoms with Gasteiger partial charge in [-0.05, 0) is 30.5 Å². The molecular weight excluding hydrogens is 346 g/mol. The lowest BCUT2D eigenvalue weighted by atomic mass is 9.98. The summed E-state index contributed by atoms with van der Waals surface area (Å²) in [4.78, 5) is 17.3. The molecule has 26 heavy (non-hydrogen) atoms. The molecule has 1 aromatic carbocycles. The third-order valence-electron chi connectivity index (χ3n) is 4.79. The van der Waals surface area contributed by atoms with Crippen molar-refractivity contribution < 1.29 is 4.74 Å². The number of benzene rings is 1. The minimum atomic E-state index is -0.0392. The summed E-state index contributed by atoms with van der Waals surface area (Å²) < 4.78 is 7.63. The lowest BCUT2D eigenvalue weighted by Gasteiger charge is -2.22. The highest BCUT2D eigenvalue weighted by Crippen LogP contribution is 2.22. The van der Waals surface area contributed by atoms with Crippen molar-refractivity contribution >= 4 is 22.0 Å². The smallest absolute Gasteiger partial charge is 0.258 e. The van der Waals surface area contributed by atoms with Gasteiger partial charge in [-0.3, -0.25) is 9.20 Å². The van der Waals surface area contributed by atoms with Crippen LogP contribution in [0.1, 0.15) is 43.4 Å². The molecule has 0 spiro atoms. The third kappa shape index (κ3) is 4.14. The highest BCUT2D eigenvalue weighted by Gasteiger charge is 2.13. The van der Waals surface area contributed by atoms with Crippen molar-refractivity contribution in [3.05, 3.63) is 63.5 Å². The van der Waals surface area contributed by atoms with E-state index < -0.39 is 0 Å². The fraction of sp³-hybridized carbons (Fsp3) is 0.400. The first-order chi connectivity index (χ1) is 12.8. The van der Waals surface area contributed by atoms with Gasteiger partial charge in [-0.2, -0.15) is 0 Å². The Morgan fingerprint density at radius 1 is 1.23 bits per heavy atom. The summed E-state index contributed by atoms with van der Waals surface area (Å²) in [6.45, 7) is 1.18. The van der Waals surface area contributed by atoms with Gasteiger partial charge in [0.1, 0.15) is 0 Å². The topological polar surface area (TPSA) is 55.6 Å². The minimum Gasteiger partial charge on any atom is -0.379 e.